The first kappa shape index (κ1) is 27.2. The predicted molar refractivity (Wildman–Crippen MR) is 128 cm³/mol. The smallest absolute Gasteiger partial charge is 0.346 e. The number of carbonyl (C=O) groups is 1. The Bertz CT molecular complexity index is 1720. The number of aromatic nitrogens is 3. The normalized spacial score (nSPS) is 13.1. The summed E-state index contributed by atoms with van der Waals surface area (Å²) in [6.45, 7) is 1.37. The fourth-order valence-electron chi connectivity index (χ4n) is 4.04. The topological polar surface area (TPSA) is 121 Å². The lowest BCUT2D eigenvalue weighted by Crippen LogP contribution is -2.46. The van der Waals surface area contributed by atoms with Crippen molar-refractivity contribution in [3.63, 3.8) is 0 Å². The second kappa shape index (κ2) is 10.5. The molecule has 2 atom stereocenters. The molecule has 2 aromatic carbocycles. The Balaban J connectivity index is 1.77. The standard InChI is InChI=1S/C26H18F5N5O3/c1-13(22-19(28)8-15(11-32)12-33-22)34-23(37)21(9-14-2-4-16(5-3-14)26(29,30)31)36-24(38)18-10-17(27)6-7-20(18)35-25(36)39/h2-8,10,12-13,21H,9H2,1H3,(H,34,37)(H,35,39)/t13-,21+/m0/s1. The van der Waals surface area contributed by atoms with Crippen molar-refractivity contribution >= 4 is 16.8 Å². The first-order valence-corrected chi connectivity index (χ1v) is 11.3. The molecule has 0 aliphatic rings. The zero-order chi connectivity index (χ0) is 28.5. The van der Waals surface area contributed by atoms with Gasteiger partial charge in [-0.2, -0.15) is 18.4 Å². The van der Waals surface area contributed by atoms with Crippen LogP contribution in [-0.2, 0) is 17.4 Å². The summed E-state index contributed by atoms with van der Waals surface area (Å²) >= 11 is 0. The number of rotatable bonds is 6. The molecule has 0 saturated carbocycles. The monoisotopic (exact) mass is 543 g/mol. The van der Waals surface area contributed by atoms with E-state index < -0.39 is 59.0 Å². The van der Waals surface area contributed by atoms with Crippen molar-refractivity contribution in [1.29, 1.82) is 5.26 Å². The number of H-pyrrole nitrogens is 1. The lowest BCUT2D eigenvalue weighted by Gasteiger charge is -2.22. The Morgan fingerprint density at radius 2 is 1.82 bits per heavy atom. The number of pyridine rings is 1. The first-order chi connectivity index (χ1) is 18.4. The number of nitrogens with zero attached hydrogens (tertiary/aromatic N) is 3. The number of aromatic amines is 1. The summed E-state index contributed by atoms with van der Waals surface area (Å²) in [7, 11) is 0. The molecule has 1 amide bonds. The van der Waals surface area contributed by atoms with Crippen molar-refractivity contribution in [2.45, 2.75) is 31.6 Å². The number of nitriles is 1. The highest BCUT2D eigenvalue weighted by molar-refractivity contribution is 5.82. The van der Waals surface area contributed by atoms with E-state index in [-0.39, 0.29) is 27.7 Å². The minimum atomic E-state index is -4.61. The van der Waals surface area contributed by atoms with Crippen molar-refractivity contribution < 1.29 is 26.7 Å². The maximum Gasteiger partial charge on any atom is 0.416 e. The second-order valence-corrected chi connectivity index (χ2v) is 8.64. The van der Waals surface area contributed by atoms with E-state index in [9.17, 15) is 36.3 Å². The predicted octanol–water partition coefficient (Wildman–Crippen LogP) is 3.91. The van der Waals surface area contributed by atoms with Crippen LogP contribution in [0.25, 0.3) is 10.9 Å². The van der Waals surface area contributed by atoms with Crippen molar-refractivity contribution in [2.24, 2.45) is 0 Å². The molecule has 0 aliphatic heterocycles. The van der Waals surface area contributed by atoms with E-state index in [0.29, 0.717) is 4.57 Å². The van der Waals surface area contributed by atoms with Gasteiger partial charge in [0.25, 0.3) is 5.56 Å². The number of amides is 1. The molecule has 4 rings (SSSR count). The third-order valence-electron chi connectivity index (χ3n) is 5.98. The Morgan fingerprint density at radius 3 is 2.44 bits per heavy atom. The van der Waals surface area contributed by atoms with Gasteiger partial charge in [0.1, 0.15) is 23.7 Å². The molecule has 0 saturated heterocycles. The van der Waals surface area contributed by atoms with Gasteiger partial charge in [-0.05, 0) is 48.9 Å². The Hall–Kier alpha value is -4.86. The number of benzene rings is 2. The summed E-state index contributed by atoms with van der Waals surface area (Å²) in [5.41, 5.74) is -3.11. The van der Waals surface area contributed by atoms with Crippen LogP contribution in [0.5, 0.6) is 0 Å². The SMILES string of the molecule is C[C@H](NC(=O)[C@@H](Cc1ccc(C(F)(F)F)cc1)n1c(=O)[nH]c2ccc(F)cc2c1=O)c1ncc(C#N)cc1F. The van der Waals surface area contributed by atoms with E-state index in [1.165, 1.54) is 13.0 Å². The summed E-state index contributed by atoms with van der Waals surface area (Å²) in [5, 5.41) is 11.1. The number of hydrogen-bond donors (Lipinski definition) is 2. The van der Waals surface area contributed by atoms with Crippen LogP contribution in [-0.4, -0.2) is 20.4 Å². The molecule has 4 aromatic rings. The molecule has 200 valence electrons. The number of nitrogens with one attached hydrogen (secondary N) is 2. The molecule has 0 fully saturated rings. The van der Waals surface area contributed by atoms with Crippen molar-refractivity contribution in [2.75, 3.05) is 0 Å². The highest BCUT2D eigenvalue weighted by Gasteiger charge is 2.31. The van der Waals surface area contributed by atoms with Gasteiger partial charge in [0.2, 0.25) is 5.91 Å². The zero-order valence-corrected chi connectivity index (χ0v) is 20.0. The molecule has 39 heavy (non-hydrogen) atoms. The number of hydrogen-bond acceptors (Lipinski definition) is 5. The van der Waals surface area contributed by atoms with Crippen molar-refractivity contribution in [1.82, 2.24) is 19.9 Å². The maximum atomic E-state index is 14.5. The molecule has 2 aromatic heterocycles. The third kappa shape index (κ3) is 5.69. The second-order valence-electron chi connectivity index (χ2n) is 8.64. The molecule has 2 heterocycles. The average molecular weight is 543 g/mol. The van der Waals surface area contributed by atoms with Gasteiger partial charge < -0.3 is 10.3 Å². The molecule has 0 unspecified atom stereocenters. The molecule has 0 bridgehead atoms. The molecule has 0 spiro atoms. The first-order valence-electron chi connectivity index (χ1n) is 11.3. The summed E-state index contributed by atoms with van der Waals surface area (Å²) in [5.74, 6) is -2.63. The summed E-state index contributed by atoms with van der Waals surface area (Å²) in [6.07, 6.45) is -3.93. The fourth-order valence-corrected chi connectivity index (χ4v) is 4.04. The van der Waals surface area contributed by atoms with Crippen LogP contribution >= 0.6 is 0 Å². The molecular formula is C26H18F5N5O3. The minimum absolute atomic E-state index is 0.00793. The molecular weight excluding hydrogens is 525 g/mol. The molecule has 0 radical (unpaired) electrons. The molecule has 2 N–H and O–H groups in total. The lowest BCUT2D eigenvalue weighted by molar-refractivity contribution is -0.137. The van der Waals surface area contributed by atoms with Gasteiger partial charge in [0.05, 0.1) is 33.8 Å². The maximum absolute atomic E-state index is 14.5. The zero-order valence-electron chi connectivity index (χ0n) is 20.0. The van der Waals surface area contributed by atoms with Gasteiger partial charge in [0.15, 0.2) is 0 Å². The number of fused-ring (bicyclic) bond motifs is 1. The van der Waals surface area contributed by atoms with E-state index in [1.807, 2.05) is 0 Å². The van der Waals surface area contributed by atoms with E-state index in [1.54, 1.807) is 6.07 Å². The third-order valence-corrected chi connectivity index (χ3v) is 5.98. The Morgan fingerprint density at radius 1 is 1.13 bits per heavy atom. The lowest BCUT2D eigenvalue weighted by atomic mass is 10.0. The number of carbonyl (C=O) groups excluding carboxylic acids is 1. The van der Waals surface area contributed by atoms with Gasteiger partial charge in [-0.1, -0.05) is 12.1 Å². The summed E-state index contributed by atoms with van der Waals surface area (Å²) < 4.78 is 67.9. The van der Waals surface area contributed by atoms with E-state index in [2.05, 4.69) is 15.3 Å². The largest absolute Gasteiger partial charge is 0.416 e. The van der Waals surface area contributed by atoms with Crippen LogP contribution in [0.2, 0.25) is 0 Å². The van der Waals surface area contributed by atoms with Crippen LogP contribution in [0.4, 0.5) is 22.0 Å². The van der Waals surface area contributed by atoms with Crippen LogP contribution in [0.1, 0.15) is 41.4 Å². The highest BCUT2D eigenvalue weighted by atomic mass is 19.4. The summed E-state index contributed by atoms with van der Waals surface area (Å²) in [4.78, 5) is 45.8. The fraction of sp³-hybridized carbons (Fsp3) is 0.192. The van der Waals surface area contributed by atoms with Gasteiger partial charge in [-0.15, -0.1) is 0 Å². The molecule has 13 heteroatoms. The Labute approximate surface area is 216 Å². The van der Waals surface area contributed by atoms with Gasteiger partial charge >= 0.3 is 11.9 Å². The minimum Gasteiger partial charge on any atom is -0.346 e. The van der Waals surface area contributed by atoms with Gasteiger partial charge in [0, 0.05) is 12.6 Å². The van der Waals surface area contributed by atoms with Crippen LogP contribution in [0, 0.1) is 23.0 Å². The van der Waals surface area contributed by atoms with Crippen LogP contribution in [0.15, 0.2) is 64.3 Å². The Kier molecular flexibility index (Phi) is 7.31. The van der Waals surface area contributed by atoms with Crippen molar-refractivity contribution in [3.8, 4) is 6.07 Å². The van der Waals surface area contributed by atoms with Crippen molar-refractivity contribution in [3.05, 3.63) is 110 Å². The average Bonchev–Trinajstić information content (AvgIpc) is 2.88. The number of halogens is 5. The quantitative estimate of drug-likeness (QED) is 0.357. The van der Waals surface area contributed by atoms with Gasteiger partial charge in [-0.25, -0.2) is 18.1 Å². The van der Waals surface area contributed by atoms with Crippen LogP contribution in [0.3, 0.4) is 0 Å². The van der Waals surface area contributed by atoms with Gasteiger partial charge in [-0.3, -0.25) is 14.6 Å². The van der Waals surface area contributed by atoms with Crippen LogP contribution < -0.4 is 16.6 Å². The summed E-state index contributed by atoms with van der Waals surface area (Å²) in [6, 6.07) is 6.72. The molecule has 8 nitrogen and oxygen atoms in total. The van der Waals surface area contributed by atoms with E-state index in [4.69, 9.17) is 5.26 Å². The molecule has 0 aliphatic carbocycles. The number of alkyl halides is 3. The van der Waals surface area contributed by atoms with E-state index in [0.717, 1.165) is 48.7 Å². The highest BCUT2D eigenvalue weighted by Crippen LogP contribution is 2.29. The van der Waals surface area contributed by atoms with E-state index >= 15 is 0 Å².